The number of ether oxygens (including phenoxy) is 1. The topological polar surface area (TPSA) is 91.7 Å². The Labute approximate surface area is 152 Å². The summed E-state index contributed by atoms with van der Waals surface area (Å²) < 4.78 is 43.2. The monoisotopic (exact) mass is 393 g/mol. The number of anilines is 1. The molecule has 0 radical (unpaired) electrons. The molecule has 0 aromatic heterocycles. The molecule has 1 aliphatic heterocycles. The third-order valence-electron chi connectivity index (χ3n) is 3.65. The van der Waals surface area contributed by atoms with Crippen LogP contribution >= 0.6 is 12.2 Å². The molecule has 0 amide bonds. The van der Waals surface area contributed by atoms with Gasteiger partial charge in [0.25, 0.3) is 5.69 Å². The van der Waals surface area contributed by atoms with Gasteiger partial charge in [0.2, 0.25) is 0 Å². The van der Waals surface area contributed by atoms with Crippen LogP contribution in [0.25, 0.3) is 0 Å². The van der Waals surface area contributed by atoms with Gasteiger partial charge in [-0.15, -0.1) is 0 Å². The molecular formula is C14H18F3N5O3S. The summed E-state index contributed by atoms with van der Waals surface area (Å²) in [5, 5.41) is 14.1. The zero-order valence-corrected chi connectivity index (χ0v) is 14.5. The molecule has 0 bridgehead atoms. The van der Waals surface area contributed by atoms with Crippen molar-refractivity contribution >= 4 is 28.7 Å². The lowest BCUT2D eigenvalue weighted by molar-refractivity contribution is -0.384. The average Bonchev–Trinajstić information content (AvgIpc) is 2.60. The van der Waals surface area contributed by atoms with Crippen LogP contribution in [-0.2, 0) is 10.9 Å². The lowest BCUT2D eigenvalue weighted by Gasteiger charge is -2.26. The van der Waals surface area contributed by atoms with Crippen molar-refractivity contribution in [3.63, 3.8) is 0 Å². The smallest absolute Gasteiger partial charge is 0.379 e. The highest BCUT2D eigenvalue weighted by Gasteiger charge is 2.33. The van der Waals surface area contributed by atoms with E-state index in [0.717, 1.165) is 31.8 Å². The van der Waals surface area contributed by atoms with Crippen LogP contribution in [0.5, 0.6) is 0 Å². The summed E-state index contributed by atoms with van der Waals surface area (Å²) in [5.74, 6) is 0. The Hall–Kier alpha value is -2.18. The molecule has 26 heavy (non-hydrogen) atoms. The first-order valence-corrected chi connectivity index (χ1v) is 8.14. The maximum Gasteiger partial charge on any atom is 0.416 e. The number of nitrogens with zero attached hydrogens (tertiary/aromatic N) is 2. The number of nitrogens with one attached hydrogen (secondary N) is 3. The van der Waals surface area contributed by atoms with Gasteiger partial charge < -0.3 is 10.1 Å². The fourth-order valence-electron chi connectivity index (χ4n) is 2.29. The first kappa shape index (κ1) is 20.1. The summed E-state index contributed by atoms with van der Waals surface area (Å²) in [5.41, 5.74) is 3.07. The second kappa shape index (κ2) is 8.96. The molecule has 1 heterocycles. The Morgan fingerprint density at radius 2 is 2.04 bits per heavy atom. The third-order valence-corrected chi connectivity index (χ3v) is 3.90. The van der Waals surface area contributed by atoms with Crippen LogP contribution in [0.2, 0.25) is 0 Å². The highest BCUT2D eigenvalue weighted by molar-refractivity contribution is 7.80. The van der Waals surface area contributed by atoms with Crippen molar-refractivity contribution < 1.29 is 22.8 Å². The van der Waals surface area contributed by atoms with Crippen molar-refractivity contribution in [3.05, 3.63) is 33.9 Å². The summed E-state index contributed by atoms with van der Waals surface area (Å²) in [6.45, 7) is 4.31. The van der Waals surface area contributed by atoms with Gasteiger partial charge >= 0.3 is 6.18 Å². The zero-order valence-electron chi connectivity index (χ0n) is 13.6. The summed E-state index contributed by atoms with van der Waals surface area (Å²) in [7, 11) is 0. The molecule has 1 fully saturated rings. The van der Waals surface area contributed by atoms with E-state index in [9.17, 15) is 23.3 Å². The number of rotatable bonds is 6. The molecule has 8 nitrogen and oxygen atoms in total. The van der Waals surface area contributed by atoms with Gasteiger partial charge in [-0.2, -0.15) is 13.2 Å². The average molecular weight is 393 g/mol. The van der Waals surface area contributed by atoms with Crippen molar-refractivity contribution in [1.29, 1.82) is 0 Å². The maximum atomic E-state index is 12.7. The van der Waals surface area contributed by atoms with E-state index in [0.29, 0.717) is 25.8 Å². The second-order valence-corrected chi connectivity index (χ2v) is 5.85. The van der Waals surface area contributed by atoms with Crippen molar-refractivity contribution in [3.8, 4) is 0 Å². The molecule has 1 aromatic carbocycles. The lowest BCUT2D eigenvalue weighted by atomic mass is 10.1. The minimum atomic E-state index is -4.66. The van der Waals surface area contributed by atoms with Gasteiger partial charge in [-0.1, -0.05) is 0 Å². The van der Waals surface area contributed by atoms with Crippen LogP contribution in [0.1, 0.15) is 5.56 Å². The highest BCUT2D eigenvalue weighted by Crippen LogP contribution is 2.34. The van der Waals surface area contributed by atoms with E-state index in [-0.39, 0.29) is 10.8 Å². The van der Waals surface area contributed by atoms with E-state index in [4.69, 9.17) is 17.0 Å². The van der Waals surface area contributed by atoms with Crippen LogP contribution in [-0.4, -0.2) is 54.3 Å². The fourth-order valence-corrected chi connectivity index (χ4v) is 2.44. The van der Waals surface area contributed by atoms with Crippen LogP contribution in [0.3, 0.4) is 0 Å². The number of hydrazine groups is 1. The van der Waals surface area contributed by atoms with Crippen LogP contribution in [0.15, 0.2) is 18.2 Å². The largest absolute Gasteiger partial charge is 0.416 e. The minimum Gasteiger partial charge on any atom is -0.379 e. The zero-order chi connectivity index (χ0) is 19.2. The van der Waals surface area contributed by atoms with E-state index in [1.165, 1.54) is 0 Å². The van der Waals surface area contributed by atoms with Gasteiger partial charge in [-0.05, 0) is 24.4 Å². The molecule has 0 atom stereocenters. The standard InChI is InChI=1S/C14H18F3N5O3S/c15-14(16,17)10-1-2-11(12(9-10)22(23)24)19-20-13(26)18-3-4-21-5-7-25-8-6-21/h1-2,9,19H,3-8H2,(H2,18,20,26). The molecule has 144 valence electrons. The Balaban J connectivity index is 1.85. The molecule has 0 aliphatic carbocycles. The van der Waals surface area contributed by atoms with Gasteiger partial charge in [0.15, 0.2) is 5.11 Å². The van der Waals surface area contributed by atoms with E-state index < -0.39 is 22.4 Å². The Kier molecular flexibility index (Phi) is 6.94. The van der Waals surface area contributed by atoms with Crippen molar-refractivity contribution in [2.45, 2.75) is 6.18 Å². The van der Waals surface area contributed by atoms with Crippen LogP contribution in [0.4, 0.5) is 24.5 Å². The summed E-state index contributed by atoms with van der Waals surface area (Å²) in [6, 6.07) is 2.20. The van der Waals surface area contributed by atoms with Gasteiger partial charge in [-0.3, -0.25) is 25.9 Å². The predicted octanol–water partition coefficient (Wildman–Crippen LogP) is 1.74. The van der Waals surface area contributed by atoms with Crippen molar-refractivity contribution in [1.82, 2.24) is 15.6 Å². The maximum absolute atomic E-state index is 12.7. The molecule has 0 saturated carbocycles. The minimum absolute atomic E-state index is 0.125. The molecule has 12 heteroatoms. The quantitative estimate of drug-likeness (QED) is 0.383. The Morgan fingerprint density at radius 3 is 2.65 bits per heavy atom. The second-order valence-electron chi connectivity index (χ2n) is 5.45. The van der Waals surface area contributed by atoms with Gasteiger partial charge in [0, 0.05) is 32.2 Å². The number of halogens is 3. The first-order valence-electron chi connectivity index (χ1n) is 7.73. The number of thiocarbonyl (C=S) groups is 1. The third kappa shape index (κ3) is 5.97. The lowest BCUT2D eigenvalue weighted by Crippen LogP contribution is -2.44. The number of hydrogen-bond donors (Lipinski definition) is 3. The molecule has 1 aliphatic rings. The number of morpholine rings is 1. The van der Waals surface area contributed by atoms with Crippen molar-refractivity contribution in [2.75, 3.05) is 44.8 Å². The first-order chi connectivity index (χ1) is 12.3. The molecule has 2 rings (SSSR count). The Morgan fingerprint density at radius 1 is 1.35 bits per heavy atom. The summed E-state index contributed by atoms with van der Waals surface area (Å²) in [6.07, 6.45) is -4.66. The molecule has 1 aromatic rings. The molecule has 0 unspecified atom stereocenters. The molecule has 1 saturated heterocycles. The number of benzene rings is 1. The molecular weight excluding hydrogens is 375 g/mol. The van der Waals surface area contributed by atoms with E-state index in [1.54, 1.807) is 0 Å². The van der Waals surface area contributed by atoms with E-state index in [1.807, 2.05) is 0 Å². The van der Waals surface area contributed by atoms with Crippen molar-refractivity contribution in [2.24, 2.45) is 0 Å². The van der Waals surface area contributed by atoms with E-state index >= 15 is 0 Å². The van der Waals surface area contributed by atoms with Gasteiger partial charge in [0.05, 0.1) is 23.7 Å². The summed E-state index contributed by atoms with van der Waals surface area (Å²) in [4.78, 5) is 12.3. The van der Waals surface area contributed by atoms with Crippen LogP contribution in [0, 0.1) is 10.1 Å². The predicted molar refractivity (Wildman–Crippen MR) is 92.7 cm³/mol. The van der Waals surface area contributed by atoms with Gasteiger partial charge in [0.1, 0.15) is 5.69 Å². The van der Waals surface area contributed by atoms with Gasteiger partial charge in [-0.25, -0.2) is 0 Å². The van der Waals surface area contributed by atoms with Crippen LogP contribution < -0.4 is 16.2 Å². The molecule has 3 N–H and O–H groups in total. The van der Waals surface area contributed by atoms with E-state index in [2.05, 4.69) is 21.1 Å². The number of nitro groups is 1. The Bertz CT molecular complexity index is 653. The number of alkyl halides is 3. The fraction of sp³-hybridized carbons (Fsp3) is 0.500. The normalized spacial score (nSPS) is 15.3. The highest BCUT2D eigenvalue weighted by atomic mass is 32.1. The summed E-state index contributed by atoms with van der Waals surface area (Å²) >= 11 is 5.04. The molecule has 0 spiro atoms. The SMILES string of the molecule is O=[N+]([O-])c1cc(C(F)(F)F)ccc1NNC(=S)NCCN1CCOCC1. The number of hydrogen-bond acceptors (Lipinski definition) is 6. The number of nitro benzene ring substituents is 1.